The molecule has 1 amide bonds. The number of aliphatic carboxylic acids is 1. The number of nitrogens with zero attached hydrogens (tertiary/aromatic N) is 1. The first-order chi connectivity index (χ1) is 8.97. The van der Waals surface area contributed by atoms with Gasteiger partial charge in [0.1, 0.15) is 11.7 Å². The second-order valence-corrected chi connectivity index (χ2v) is 4.61. The summed E-state index contributed by atoms with van der Waals surface area (Å²) in [7, 11) is 1.59. The summed E-state index contributed by atoms with van der Waals surface area (Å²) in [6.45, 7) is 4.54. The number of hydrogen-bond acceptors (Lipinski definition) is 3. The van der Waals surface area contributed by atoms with Crippen molar-refractivity contribution in [2.24, 2.45) is 5.92 Å². The van der Waals surface area contributed by atoms with Gasteiger partial charge in [0.25, 0.3) is 5.91 Å². The van der Waals surface area contributed by atoms with E-state index in [1.54, 1.807) is 43.9 Å². The Morgan fingerprint density at radius 1 is 1.47 bits per heavy atom. The Morgan fingerprint density at radius 2 is 2.16 bits per heavy atom. The molecule has 106 valence electrons. The fraction of sp³-hybridized carbons (Fsp3) is 0.538. The van der Waals surface area contributed by atoms with Crippen molar-refractivity contribution in [3.63, 3.8) is 0 Å². The lowest BCUT2D eigenvalue weighted by atomic mass is 10.0. The Kier molecular flexibility index (Phi) is 5.57. The summed E-state index contributed by atoms with van der Waals surface area (Å²) in [5.41, 5.74) is 0.434. The molecule has 0 bridgehead atoms. The standard InChI is InChI=1S/C13H20N2O4/c1-9(2)11(13(17)18)14-12(16)10-5-4-6-15(10)7-8-19-3/h4-6,9,11H,7-8H2,1-3H3,(H,14,16)(H,17,18)/t11-/m0/s1. The van der Waals surface area contributed by atoms with Crippen molar-refractivity contribution >= 4 is 11.9 Å². The lowest BCUT2D eigenvalue weighted by Crippen LogP contribution is -2.44. The zero-order chi connectivity index (χ0) is 14.4. The van der Waals surface area contributed by atoms with Gasteiger partial charge in [-0.25, -0.2) is 4.79 Å². The number of methoxy groups -OCH3 is 1. The molecule has 1 atom stereocenters. The van der Waals surface area contributed by atoms with E-state index >= 15 is 0 Å². The minimum Gasteiger partial charge on any atom is -0.480 e. The molecule has 0 aliphatic carbocycles. The highest BCUT2D eigenvalue weighted by Crippen LogP contribution is 2.06. The predicted octanol–water partition coefficient (Wildman–Crippen LogP) is 0.973. The van der Waals surface area contributed by atoms with Gasteiger partial charge in [0.15, 0.2) is 0 Å². The molecule has 6 nitrogen and oxygen atoms in total. The summed E-state index contributed by atoms with van der Waals surface area (Å²) in [5.74, 6) is -1.59. The fourth-order valence-corrected chi connectivity index (χ4v) is 1.73. The molecule has 2 N–H and O–H groups in total. The van der Waals surface area contributed by atoms with Crippen molar-refractivity contribution in [1.82, 2.24) is 9.88 Å². The number of amides is 1. The van der Waals surface area contributed by atoms with Gasteiger partial charge in [0.2, 0.25) is 0 Å². The van der Waals surface area contributed by atoms with E-state index in [1.807, 2.05) is 0 Å². The molecular weight excluding hydrogens is 248 g/mol. The summed E-state index contributed by atoms with van der Waals surface area (Å²) < 4.78 is 6.69. The maximum absolute atomic E-state index is 12.1. The van der Waals surface area contributed by atoms with Crippen molar-refractivity contribution < 1.29 is 19.4 Å². The molecule has 0 saturated heterocycles. The van der Waals surface area contributed by atoms with Gasteiger partial charge in [-0.15, -0.1) is 0 Å². The van der Waals surface area contributed by atoms with Gasteiger partial charge in [0, 0.05) is 19.9 Å². The van der Waals surface area contributed by atoms with Crippen LogP contribution < -0.4 is 5.32 Å². The van der Waals surface area contributed by atoms with E-state index in [0.717, 1.165) is 0 Å². The molecule has 0 spiro atoms. The smallest absolute Gasteiger partial charge is 0.326 e. The number of carboxylic acid groups (broad SMARTS) is 1. The molecular formula is C13H20N2O4. The van der Waals surface area contributed by atoms with Gasteiger partial charge in [-0.05, 0) is 18.1 Å². The van der Waals surface area contributed by atoms with E-state index in [2.05, 4.69) is 5.32 Å². The van der Waals surface area contributed by atoms with Gasteiger partial charge in [-0.1, -0.05) is 13.8 Å². The zero-order valence-corrected chi connectivity index (χ0v) is 11.4. The van der Waals surface area contributed by atoms with Crippen LogP contribution in [0, 0.1) is 5.92 Å². The largest absolute Gasteiger partial charge is 0.480 e. The monoisotopic (exact) mass is 268 g/mol. The molecule has 0 fully saturated rings. The fourth-order valence-electron chi connectivity index (χ4n) is 1.73. The number of carboxylic acids is 1. The average Bonchev–Trinajstić information content (AvgIpc) is 2.80. The van der Waals surface area contributed by atoms with Gasteiger partial charge in [-0.2, -0.15) is 0 Å². The average molecular weight is 268 g/mol. The number of ether oxygens (including phenoxy) is 1. The maximum Gasteiger partial charge on any atom is 0.326 e. The van der Waals surface area contributed by atoms with Crippen LogP contribution in [0.1, 0.15) is 24.3 Å². The van der Waals surface area contributed by atoms with E-state index in [1.165, 1.54) is 0 Å². The van der Waals surface area contributed by atoms with Crippen LogP contribution in [0.5, 0.6) is 0 Å². The number of aromatic nitrogens is 1. The summed E-state index contributed by atoms with van der Waals surface area (Å²) in [4.78, 5) is 23.1. The number of carbonyl (C=O) groups excluding carboxylic acids is 1. The molecule has 6 heteroatoms. The number of nitrogens with one attached hydrogen (secondary N) is 1. The normalized spacial score (nSPS) is 12.4. The van der Waals surface area contributed by atoms with Gasteiger partial charge in [-0.3, -0.25) is 4.79 Å². The van der Waals surface area contributed by atoms with Crippen LogP contribution in [-0.4, -0.2) is 41.3 Å². The first kappa shape index (κ1) is 15.2. The Hall–Kier alpha value is -1.82. The van der Waals surface area contributed by atoms with E-state index < -0.39 is 12.0 Å². The Balaban J connectivity index is 2.77. The molecule has 1 rings (SSSR count). The van der Waals surface area contributed by atoms with Crippen LogP contribution in [0.15, 0.2) is 18.3 Å². The van der Waals surface area contributed by atoms with Crippen LogP contribution >= 0.6 is 0 Å². The molecule has 0 aliphatic heterocycles. The first-order valence-corrected chi connectivity index (χ1v) is 6.15. The third-order valence-corrected chi connectivity index (χ3v) is 2.82. The quantitative estimate of drug-likeness (QED) is 0.772. The van der Waals surface area contributed by atoms with E-state index in [4.69, 9.17) is 9.84 Å². The van der Waals surface area contributed by atoms with E-state index in [9.17, 15) is 9.59 Å². The summed E-state index contributed by atoms with van der Waals surface area (Å²) in [5, 5.41) is 11.6. The predicted molar refractivity (Wildman–Crippen MR) is 70.0 cm³/mol. The molecule has 0 saturated carbocycles. The molecule has 0 aromatic carbocycles. The van der Waals surface area contributed by atoms with Crippen LogP contribution in [0.4, 0.5) is 0 Å². The second-order valence-electron chi connectivity index (χ2n) is 4.61. The van der Waals surface area contributed by atoms with Gasteiger partial charge < -0.3 is 19.7 Å². The molecule has 19 heavy (non-hydrogen) atoms. The van der Waals surface area contributed by atoms with Crippen LogP contribution in [-0.2, 0) is 16.1 Å². The summed E-state index contributed by atoms with van der Waals surface area (Å²) in [6.07, 6.45) is 1.76. The lowest BCUT2D eigenvalue weighted by molar-refractivity contribution is -0.140. The van der Waals surface area contributed by atoms with E-state index in [-0.39, 0.29) is 11.8 Å². The highest BCUT2D eigenvalue weighted by Gasteiger charge is 2.24. The number of rotatable bonds is 7. The molecule has 1 aromatic heterocycles. The number of hydrogen-bond donors (Lipinski definition) is 2. The lowest BCUT2D eigenvalue weighted by Gasteiger charge is -2.18. The Bertz CT molecular complexity index is 440. The number of carbonyl (C=O) groups is 2. The highest BCUT2D eigenvalue weighted by molar-refractivity contribution is 5.95. The molecule has 0 radical (unpaired) electrons. The molecule has 1 heterocycles. The van der Waals surface area contributed by atoms with Crippen molar-refractivity contribution in [2.75, 3.05) is 13.7 Å². The molecule has 0 unspecified atom stereocenters. The third-order valence-electron chi connectivity index (χ3n) is 2.82. The molecule has 0 aliphatic rings. The van der Waals surface area contributed by atoms with Crippen molar-refractivity contribution in [3.05, 3.63) is 24.0 Å². The summed E-state index contributed by atoms with van der Waals surface area (Å²) >= 11 is 0. The van der Waals surface area contributed by atoms with Crippen molar-refractivity contribution in [1.29, 1.82) is 0 Å². The SMILES string of the molecule is COCCn1cccc1C(=O)N[C@H](C(=O)O)C(C)C. The van der Waals surface area contributed by atoms with E-state index in [0.29, 0.717) is 18.8 Å². The third kappa shape index (κ3) is 4.10. The second kappa shape index (κ2) is 6.94. The Labute approximate surface area is 112 Å². The topological polar surface area (TPSA) is 80.6 Å². The molecule has 1 aromatic rings. The van der Waals surface area contributed by atoms with Crippen molar-refractivity contribution in [2.45, 2.75) is 26.4 Å². The van der Waals surface area contributed by atoms with Crippen molar-refractivity contribution in [3.8, 4) is 0 Å². The highest BCUT2D eigenvalue weighted by atomic mass is 16.5. The minimum atomic E-state index is -1.03. The van der Waals surface area contributed by atoms with Crippen LogP contribution in [0.2, 0.25) is 0 Å². The summed E-state index contributed by atoms with van der Waals surface area (Å²) in [6, 6.07) is 2.51. The van der Waals surface area contributed by atoms with Gasteiger partial charge in [0.05, 0.1) is 6.61 Å². The first-order valence-electron chi connectivity index (χ1n) is 6.15. The van der Waals surface area contributed by atoms with Crippen LogP contribution in [0.25, 0.3) is 0 Å². The maximum atomic E-state index is 12.1. The zero-order valence-electron chi connectivity index (χ0n) is 11.4. The minimum absolute atomic E-state index is 0.177. The van der Waals surface area contributed by atoms with Gasteiger partial charge >= 0.3 is 5.97 Å². The van der Waals surface area contributed by atoms with Crippen LogP contribution in [0.3, 0.4) is 0 Å². The Morgan fingerprint density at radius 3 is 2.68 bits per heavy atom.